The Morgan fingerprint density at radius 2 is 1.88 bits per heavy atom. The van der Waals surface area contributed by atoms with Gasteiger partial charge in [0.15, 0.2) is 11.6 Å². The largest absolute Gasteiger partial charge is 0.573 e. The van der Waals surface area contributed by atoms with E-state index in [2.05, 4.69) is 25.4 Å². The van der Waals surface area contributed by atoms with Crippen molar-refractivity contribution in [3.05, 3.63) is 24.0 Å². The number of rotatable bonds is 6. The lowest BCUT2D eigenvalue weighted by atomic mass is 9.83. The number of morpholine rings is 1. The Labute approximate surface area is 196 Å². The lowest BCUT2D eigenvalue weighted by Crippen LogP contribution is -2.46. The van der Waals surface area contributed by atoms with E-state index in [0.717, 1.165) is 39.3 Å². The first-order chi connectivity index (χ1) is 16.3. The highest BCUT2D eigenvalue weighted by Crippen LogP contribution is 2.55. The molecule has 2 aromatic rings. The first kappa shape index (κ1) is 22.2. The predicted molar refractivity (Wildman–Crippen MR) is 119 cm³/mol. The standard InChI is InChI=1S/C24H30F3N5O2/c25-24(26,27)34-22-10-17(12-29-23(22)28)19-11-21(32(30-19)13-14-1-2-14)18-8-16-7-15(18)9-20(16)31-3-5-33-6-4-31/h10-12,14-16,18,20H,1-9,13H2,(H2,28,29)/t15-,16?,18-,20-/m0/s1. The van der Waals surface area contributed by atoms with E-state index in [1.807, 2.05) is 0 Å². The zero-order chi connectivity index (χ0) is 23.4. The van der Waals surface area contributed by atoms with Crippen LogP contribution < -0.4 is 10.5 Å². The Bertz CT molecular complexity index is 1050. The van der Waals surface area contributed by atoms with Crippen molar-refractivity contribution in [2.24, 2.45) is 17.8 Å². The van der Waals surface area contributed by atoms with E-state index in [4.69, 9.17) is 15.6 Å². The van der Waals surface area contributed by atoms with E-state index in [1.54, 1.807) is 0 Å². The smallest absolute Gasteiger partial charge is 0.402 e. The normalized spacial score (nSPS) is 29.6. The molecule has 1 saturated heterocycles. The van der Waals surface area contributed by atoms with Crippen LogP contribution >= 0.6 is 0 Å². The topological polar surface area (TPSA) is 78.4 Å². The fraction of sp³-hybridized carbons (Fsp3) is 0.667. The van der Waals surface area contributed by atoms with Gasteiger partial charge in [-0.1, -0.05) is 0 Å². The Hall–Kier alpha value is -2.33. The number of ether oxygens (including phenoxy) is 2. The van der Waals surface area contributed by atoms with Crippen LogP contribution in [0.5, 0.6) is 5.75 Å². The molecule has 0 amide bonds. The van der Waals surface area contributed by atoms with Gasteiger partial charge in [0.25, 0.3) is 0 Å². The second-order valence-electron chi connectivity index (χ2n) is 10.3. The van der Waals surface area contributed by atoms with Crippen molar-refractivity contribution in [2.45, 2.75) is 57.0 Å². The highest BCUT2D eigenvalue weighted by molar-refractivity contribution is 5.64. The highest BCUT2D eigenvalue weighted by Gasteiger charge is 2.49. The van der Waals surface area contributed by atoms with Crippen molar-refractivity contribution in [1.82, 2.24) is 19.7 Å². The van der Waals surface area contributed by atoms with Crippen LogP contribution in [-0.2, 0) is 11.3 Å². The number of nitrogens with zero attached hydrogens (tertiary/aromatic N) is 4. The molecule has 1 unspecified atom stereocenters. The SMILES string of the molecule is Nc1ncc(-c2cc([C@H]3CC4C[C@H]3C[C@@H]4N3CCOCC3)n(CC3CC3)n2)cc1OC(F)(F)F. The molecule has 3 saturated carbocycles. The summed E-state index contributed by atoms with van der Waals surface area (Å²) in [5.74, 6) is 1.60. The lowest BCUT2D eigenvalue weighted by Gasteiger charge is -2.38. The van der Waals surface area contributed by atoms with E-state index in [9.17, 15) is 13.2 Å². The quantitative estimate of drug-likeness (QED) is 0.677. The van der Waals surface area contributed by atoms with Crippen molar-refractivity contribution >= 4 is 5.82 Å². The van der Waals surface area contributed by atoms with Crippen LogP contribution in [0.4, 0.5) is 19.0 Å². The third-order valence-corrected chi connectivity index (χ3v) is 8.06. The molecule has 0 aromatic carbocycles. The third kappa shape index (κ3) is 4.37. The fourth-order valence-electron chi connectivity index (χ4n) is 6.33. The molecule has 3 aliphatic carbocycles. The van der Waals surface area contributed by atoms with Gasteiger partial charge in [-0.15, -0.1) is 13.2 Å². The van der Waals surface area contributed by atoms with Gasteiger partial charge in [-0.3, -0.25) is 9.58 Å². The van der Waals surface area contributed by atoms with Gasteiger partial charge in [0, 0.05) is 49.0 Å². The molecule has 3 heterocycles. The minimum absolute atomic E-state index is 0.291. The Morgan fingerprint density at radius 1 is 1.09 bits per heavy atom. The molecule has 4 fully saturated rings. The van der Waals surface area contributed by atoms with E-state index in [1.165, 1.54) is 43.6 Å². The molecule has 0 spiro atoms. The third-order valence-electron chi connectivity index (χ3n) is 8.06. The van der Waals surface area contributed by atoms with Crippen molar-refractivity contribution in [3.63, 3.8) is 0 Å². The molecule has 1 aliphatic heterocycles. The summed E-state index contributed by atoms with van der Waals surface area (Å²) in [5, 5.41) is 4.84. The molecule has 7 nitrogen and oxygen atoms in total. The highest BCUT2D eigenvalue weighted by atomic mass is 19.4. The average Bonchev–Trinajstić information content (AvgIpc) is 3.19. The molecule has 2 N–H and O–H groups in total. The van der Waals surface area contributed by atoms with Crippen LogP contribution in [0.3, 0.4) is 0 Å². The summed E-state index contributed by atoms with van der Waals surface area (Å²) in [6.07, 6.45) is 2.64. The predicted octanol–water partition coefficient (Wildman–Crippen LogP) is 4.05. The number of alkyl halides is 3. The van der Waals surface area contributed by atoms with Gasteiger partial charge in [-0.25, -0.2) is 4.98 Å². The summed E-state index contributed by atoms with van der Waals surface area (Å²) in [7, 11) is 0. The average molecular weight is 478 g/mol. The van der Waals surface area contributed by atoms with Gasteiger partial charge in [0.05, 0.1) is 18.9 Å². The van der Waals surface area contributed by atoms with Crippen molar-refractivity contribution in [2.75, 3.05) is 32.0 Å². The minimum atomic E-state index is -4.83. The second-order valence-corrected chi connectivity index (χ2v) is 10.3. The number of hydrogen-bond acceptors (Lipinski definition) is 6. The van der Waals surface area contributed by atoms with Crippen molar-refractivity contribution in [3.8, 4) is 17.0 Å². The number of pyridine rings is 1. The number of aromatic nitrogens is 3. The Kier molecular flexibility index (Phi) is 5.48. The maximum absolute atomic E-state index is 12.8. The summed E-state index contributed by atoms with van der Waals surface area (Å²) in [6.45, 7) is 4.56. The molecule has 34 heavy (non-hydrogen) atoms. The number of halogens is 3. The number of fused-ring (bicyclic) bond motifs is 2. The number of nitrogen functional groups attached to an aromatic ring is 1. The summed E-state index contributed by atoms with van der Waals surface area (Å²) >= 11 is 0. The van der Waals surface area contributed by atoms with Gasteiger partial charge in [-0.2, -0.15) is 5.10 Å². The number of hydrogen-bond donors (Lipinski definition) is 1. The number of nitrogens with two attached hydrogens (primary N) is 1. The van der Waals surface area contributed by atoms with Gasteiger partial charge < -0.3 is 15.2 Å². The van der Waals surface area contributed by atoms with Crippen LogP contribution in [0.2, 0.25) is 0 Å². The molecular formula is C24H30F3N5O2. The Morgan fingerprint density at radius 3 is 2.56 bits per heavy atom. The Balaban J connectivity index is 1.26. The van der Waals surface area contributed by atoms with E-state index in [-0.39, 0.29) is 5.82 Å². The zero-order valence-electron chi connectivity index (χ0n) is 19.0. The first-order valence-electron chi connectivity index (χ1n) is 12.3. The maximum Gasteiger partial charge on any atom is 0.573 e. The number of anilines is 1. The van der Waals surface area contributed by atoms with Gasteiger partial charge in [0.2, 0.25) is 0 Å². The molecule has 2 aromatic heterocycles. The summed E-state index contributed by atoms with van der Waals surface area (Å²) in [4.78, 5) is 6.55. The molecule has 6 rings (SSSR count). The van der Waals surface area contributed by atoms with Gasteiger partial charge in [-0.05, 0) is 62.0 Å². The van der Waals surface area contributed by atoms with Crippen LogP contribution in [0.25, 0.3) is 11.3 Å². The lowest BCUT2D eigenvalue weighted by molar-refractivity contribution is -0.274. The van der Waals surface area contributed by atoms with E-state index in [0.29, 0.717) is 41.0 Å². The van der Waals surface area contributed by atoms with Crippen molar-refractivity contribution < 1.29 is 22.6 Å². The van der Waals surface area contributed by atoms with E-state index < -0.39 is 12.1 Å². The van der Waals surface area contributed by atoms with Crippen LogP contribution in [0.15, 0.2) is 18.3 Å². The molecule has 184 valence electrons. The molecule has 2 bridgehead atoms. The van der Waals surface area contributed by atoms with Crippen LogP contribution in [0, 0.1) is 17.8 Å². The zero-order valence-corrected chi connectivity index (χ0v) is 19.0. The van der Waals surface area contributed by atoms with E-state index >= 15 is 0 Å². The second kappa shape index (κ2) is 8.41. The maximum atomic E-state index is 12.8. The molecule has 10 heteroatoms. The monoisotopic (exact) mass is 477 g/mol. The molecule has 4 atom stereocenters. The van der Waals surface area contributed by atoms with Crippen LogP contribution in [-0.4, -0.2) is 58.4 Å². The summed E-state index contributed by atoms with van der Waals surface area (Å²) < 4.78 is 50.1. The minimum Gasteiger partial charge on any atom is -0.402 e. The first-order valence-corrected chi connectivity index (χ1v) is 12.3. The van der Waals surface area contributed by atoms with Crippen LogP contribution in [0.1, 0.15) is 43.7 Å². The molecular weight excluding hydrogens is 447 g/mol. The fourth-order valence-corrected chi connectivity index (χ4v) is 6.33. The molecule has 4 aliphatic rings. The molecule has 0 radical (unpaired) electrons. The van der Waals surface area contributed by atoms with Crippen molar-refractivity contribution in [1.29, 1.82) is 0 Å². The van der Waals surface area contributed by atoms with Gasteiger partial charge >= 0.3 is 6.36 Å². The van der Waals surface area contributed by atoms with Gasteiger partial charge in [0.1, 0.15) is 0 Å². The summed E-state index contributed by atoms with van der Waals surface area (Å²) in [6, 6.07) is 3.99. The summed E-state index contributed by atoms with van der Waals surface area (Å²) in [5.41, 5.74) is 7.95.